The average molecular weight is 366 g/mol. The minimum absolute atomic E-state index is 0.245. The Kier molecular flexibility index (Phi) is 5.65. The van der Waals surface area contributed by atoms with Crippen LogP contribution in [0, 0.1) is 0 Å². The second-order valence-electron chi connectivity index (χ2n) is 9.60. The van der Waals surface area contributed by atoms with Gasteiger partial charge in [-0.2, -0.15) is 5.10 Å². The van der Waals surface area contributed by atoms with Gasteiger partial charge in [-0.25, -0.2) is 0 Å². The number of hydrogen-bond acceptors (Lipinski definition) is 4. The van der Waals surface area contributed by atoms with Gasteiger partial charge in [-0.1, -0.05) is 20.8 Å². The van der Waals surface area contributed by atoms with Crippen LogP contribution in [0.4, 0.5) is 0 Å². The molecule has 1 aliphatic rings. The highest BCUT2D eigenvalue weighted by molar-refractivity contribution is 6.74. The molecule has 0 radical (unpaired) electrons. The van der Waals surface area contributed by atoms with E-state index in [0.717, 1.165) is 30.6 Å². The molecule has 0 unspecified atom stereocenters. The summed E-state index contributed by atoms with van der Waals surface area (Å²) in [5.74, 6) is 0. The van der Waals surface area contributed by atoms with Gasteiger partial charge in [-0.15, -0.1) is 0 Å². The van der Waals surface area contributed by atoms with Gasteiger partial charge in [0.2, 0.25) is 0 Å². The quantitative estimate of drug-likeness (QED) is 0.617. The van der Waals surface area contributed by atoms with Gasteiger partial charge in [-0.3, -0.25) is 5.10 Å². The van der Waals surface area contributed by atoms with Crippen molar-refractivity contribution >= 4 is 20.9 Å². The fourth-order valence-corrected chi connectivity index (χ4v) is 3.58. The highest BCUT2D eigenvalue weighted by Gasteiger charge is 2.52. The van der Waals surface area contributed by atoms with E-state index in [2.05, 4.69) is 71.8 Å². The lowest BCUT2D eigenvalue weighted by atomic mass is 9.78. The van der Waals surface area contributed by atoms with Crippen LogP contribution < -0.4 is 5.46 Å². The zero-order chi connectivity index (χ0) is 19.1. The number of aryl methyl sites for hydroxylation is 1. The van der Waals surface area contributed by atoms with E-state index < -0.39 is 8.32 Å². The Morgan fingerprint density at radius 1 is 1.16 bits per heavy atom. The first-order valence-electron chi connectivity index (χ1n) is 9.29. The average Bonchev–Trinajstić information content (AvgIpc) is 2.96. The van der Waals surface area contributed by atoms with E-state index in [1.807, 2.05) is 6.20 Å². The molecular formula is C18H35BN2O3Si. The largest absolute Gasteiger partial charge is 0.498 e. The minimum atomic E-state index is -1.68. The molecule has 1 aromatic heterocycles. The smallest absolute Gasteiger partial charge is 0.417 e. The second-order valence-corrected chi connectivity index (χ2v) is 14.4. The zero-order valence-electron chi connectivity index (χ0n) is 17.4. The van der Waals surface area contributed by atoms with Gasteiger partial charge in [0.25, 0.3) is 0 Å². The van der Waals surface area contributed by atoms with Crippen molar-refractivity contribution in [3.05, 3.63) is 11.9 Å². The number of H-pyrrole nitrogens is 1. The molecule has 7 heteroatoms. The van der Waals surface area contributed by atoms with E-state index in [1.54, 1.807) is 0 Å². The maximum absolute atomic E-state index is 6.27. The van der Waals surface area contributed by atoms with Crippen molar-refractivity contribution < 1.29 is 13.7 Å². The number of aromatic nitrogens is 2. The highest BCUT2D eigenvalue weighted by atomic mass is 28.4. The molecule has 2 rings (SSSR count). The van der Waals surface area contributed by atoms with Gasteiger partial charge >= 0.3 is 7.12 Å². The number of hydrogen-bond donors (Lipinski definition) is 1. The Labute approximate surface area is 154 Å². The second kappa shape index (κ2) is 6.83. The number of nitrogens with zero attached hydrogens (tertiary/aromatic N) is 1. The Balaban J connectivity index is 1.93. The van der Waals surface area contributed by atoms with Crippen LogP contribution >= 0.6 is 0 Å². The molecule has 2 heterocycles. The molecule has 5 nitrogen and oxygen atoms in total. The predicted octanol–water partition coefficient (Wildman–Crippen LogP) is 3.66. The van der Waals surface area contributed by atoms with Crippen LogP contribution in [0.3, 0.4) is 0 Å². The summed E-state index contributed by atoms with van der Waals surface area (Å²) in [5.41, 5.74) is 1.42. The standard InChI is InChI=1S/C18H35BN2O3Si/c1-16(2,3)25(8,9)22-12-10-11-15-14(13-20-21-15)19-23-17(4,5)18(6,7)24-19/h13H,10-12H2,1-9H3,(H,20,21). The molecule has 0 aromatic carbocycles. The number of nitrogens with one attached hydrogen (secondary N) is 1. The summed E-state index contributed by atoms with van der Waals surface area (Å²) in [6.07, 6.45) is 3.67. The monoisotopic (exact) mass is 366 g/mol. The zero-order valence-corrected chi connectivity index (χ0v) is 18.4. The topological polar surface area (TPSA) is 56.4 Å². The maximum Gasteiger partial charge on any atom is 0.498 e. The molecule has 1 aromatic rings. The van der Waals surface area contributed by atoms with Crippen molar-refractivity contribution in [2.24, 2.45) is 0 Å². The molecule has 0 atom stereocenters. The molecule has 0 bridgehead atoms. The fourth-order valence-electron chi connectivity index (χ4n) is 2.49. The normalized spacial score (nSPS) is 20.3. The van der Waals surface area contributed by atoms with Gasteiger partial charge in [-0.05, 0) is 58.7 Å². The maximum atomic E-state index is 6.27. The van der Waals surface area contributed by atoms with Crippen molar-refractivity contribution in [1.82, 2.24) is 10.2 Å². The molecular weight excluding hydrogens is 331 g/mol. The van der Waals surface area contributed by atoms with Gasteiger partial charge in [0.1, 0.15) is 0 Å². The van der Waals surface area contributed by atoms with E-state index in [1.165, 1.54) is 0 Å². The Hall–Kier alpha value is -0.628. The molecule has 0 amide bonds. The minimum Gasteiger partial charge on any atom is -0.417 e. The van der Waals surface area contributed by atoms with Gasteiger partial charge in [0, 0.05) is 24.0 Å². The highest BCUT2D eigenvalue weighted by Crippen LogP contribution is 2.37. The number of rotatable bonds is 6. The van der Waals surface area contributed by atoms with Crippen LogP contribution in [0.15, 0.2) is 6.20 Å². The van der Waals surface area contributed by atoms with Crippen molar-refractivity contribution in [1.29, 1.82) is 0 Å². The van der Waals surface area contributed by atoms with Crippen molar-refractivity contribution in [3.63, 3.8) is 0 Å². The lowest BCUT2D eigenvalue weighted by Gasteiger charge is -2.36. The molecule has 0 aliphatic carbocycles. The molecule has 1 saturated heterocycles. The lowest BCUT2D eigenvalue weighted by molar-refractivity contribution is 0.00578. The summed E-state index contributed by atoms with van der Waals surface area (Å²) in [6, 6.07) is 0. The Bertz CT molecular complexity index is 577. The summed E-state index contributed by atoms with van der Waals surface area (Å²) in [6.45, 7) is 20.4. The van der Waals surface area contributed by atoms with Crippen LogP contribution in [-0.2, 0) is 20.2 Å². The predicted molar refractivity (Wildman–Crippen MR) is 106 cm³/mol. The summed E-state index contributed by atoms with van der Waals surface area (Å²) >= 11 is 0. The third kappa shape index (κ3) is 4.38. The van der Waals surface area contributed by atoms with E-state index in [-0.39, 0.29) is 23.4 Å². The van der Waals surface area contributed by atoms with E-state index in [9.17, 15) is 0 Å². The summed E-state index contributed by atoms with van der Waals surface area (Å²) in [5, 5.41) is 7.57. The third-order valence-electron chi connectivity index (χ3n) is 6.10. The van der Waals surface area contributed by atoms with Crippen LogP contribution in [0.25, 0.3) is 0 Å². The molecule has 0 spiro atoms. The summed E-state index contributed by atoms with van der Waals surface area (Å²) < 4.78 is 18.6. The molecule has 1 aliphatic heterocycles. The first-order chi connectivity index (χ1) is 11.3. The van der Waals surface area contributed by atoms with Crippen LogP contribution in [0.5, 0.6) is 0 Å². The van der Waals surface area contributed by atoms with Gasteiger partial charge < -0.3 is 13.7 Å². The Morgan fingerprint density at radius 3 is 2.24 bits per heavy atom. The summed E-state index contributed by atoms with van der Waals surface area (Å²) in [7, 11) is -2.04. The molecule has 1 N–H and O–H groups in total. The third-order valence-corrected chi connectivity index (χ3v) is 10.6. The van der Waals surface area contributed by atoms with Crippen molar-refractivity contribution in [2.75, 3.05) is 6.61 Å². The van der Waals surface area contributed by atoms with E-state index in [0.29, 0.717) is 0 Å². The molecule has 0 saturated carbocycles. The molecule has 142 valence electrons. The van der Waals surface area contributed by atoms with Crippen LogP contribution in [0.2, 0.25) is 18.1 Å². The number of aromatic amines is 1. The van der Waals surface area contributed by atoms with E-state index >= 15 is 0 Å². The Morgan fingerprint density at radius 2 is 1.72 bits per heavy atom. The molecule has 1 fully saturated rings. The van der Waals surface area contributed by atoms with Gasteiger partial charge in [0.05, 0.1) is 11.2 Å². The van der Waals surface area contributed by atoms with Gasteiger partial charge in [0.15, 0.2) is 8.32 Å². The van der Waals surface area contributed by atoms with Crippen molar-refractivity contribution in [2.45, 2.75) is 90.6 Å². The van der Waals surface area contributed by atoms with E-state index in [4.69, 9.17) is 13.7 Å². The summed E-state index contributed by atoms with van der Waals surface area (Å²) in [4.78, 5) is 0. The SMILES string of the molecule is CC1(C)OB(c2cn[nH]c2CCCO[Si](C)(C)C(C)(C)C)OC1(C)C. The van der Waals surface area contributed by atoms with Crippen LogP contribution in [0.1, 0.15) is 60.6 Å². The fraction of sp³-hybridized carbons (Fsp3) is 0.833. The first-order valence-corrected chi connectivity index (χ1v) is 12.2. The van der Waals surface area contributed by atoms with Crippen molar-refractivity contribution in [3.8, 4) is 0 Å². The first kappa shape index (κ1) is 20.7. The van der Waals surface area contributed by atoms with Crippen LogP contribution in [-0.4, -0.2) is 43.4 Å². The lowest BCUT2D eigenvalue weighted by Crippen LogP contribution is -2.41. The molecule has 25 heavy (non-hydrogen) atoms.